The number of hydrogen-bond acceptors (Lipinski definition) is 5. The highest BCUT2D eigenvalue weighted by molar-refractivity contribution is 5.97. The molecule has 1 amide bonds. The fraction of sp³-hybridized carbons (Fsp3) is 0.136. The van der Waals surface area contributed by atoms with E-state index >= 15 is 0 Å². The van der Waals surface area contributed by atoms with E-state index in [4.69, 9.17) is 0 Å². The monoisotopic (exact) mass is 385 g/mol. The molecule has 0 atom stereocenters. The number of rotatable bonds is 4. The molecule has 0 bridgehead atoms. The van der Waals surface area contributed by atoms with E-state index in [1.54, 1.807) is 41.5 Å². The number of benzene rings is 1. The van der Waals surface area contributed by atoms with Crippen LogP contribution >= 0.6 is 0 Å². The maximum absolute atomic E-state index is 12.9. The van der Waals surface area contributed by atoms with Gasteiger partial charge in [-0.15, -0.1) is 0 Å². The van der Waals surface area contributed by atoms with E-state index in [2.05, 4.69) is 20.3 Å². The minimum Gasteiger partial charge on any atom is -0.350 e. The summed E-state index contributed by atoms with van der Waals surface area (Å²) in [4.78, 5) is 38.0. The van der Waals surface area contributed by atoms with Crippen LogP contribution in [0.15, 0.2) is 72.3 Å². The van der Waals surface area contributed by atoms with Crippen molar-refractivity contribution < 1.29 is 4.79 Å². The van der Waals surface area contributed by atoms with Crippen molar-refractivity contribution in [3.05, 3.63) is 83.3 Å². The van der Waals surface area contributed by atoms with Crippen LogP contribution in [0.4, 0.5) is 0 Å². The molecule has 0 fully saturated rings. The zero-order valence-corrected chi connectivity index (χ0v) is 16.0. The van der Waals surface area contributed by atoms with Gasteiger partial charge in [-0.3, -0.25) is 9.59 Å². The van der Waals surface area contributed by atoms with Crippen molar-refractivity contribution in [2.24, 2.45) is 0 Å². The number of nitrogens with zero attached hydrogens (tertiary/aromatic N) is 4. The molecule has 4 rings (SSSR count). The summed E-state index contributed by atoms with van der Waals surface area (Å²) in [5, 5.41) is 3.18. The van der Waals surface area contributed by atoms with Gasteiger partial charge >= 0.3 is 0 Å². The second-order valence-electron chi connectivity index (χ2n) is 6.92. The third-order valence-electron chi connectivity index (χ3n) is 4.44. The number of pyridine rings is 2. The highest BCUT2D eigenvalue weighted by Gasteiger charge is 2.17. The summed E-state index contributed by atoms with van der Waals surface area (Å²) < 4.78 is 1.76. The number of hydrogen-bond donors (Lipinski definition) is 1. The first kappa shape index (κ1) is 18.5. The first-order valence-electron chi connectivity index (χ1n) is 9.21. The highest BCUT2D eigenvalue weighted by atomic mass is 16.2. The molecule has 0 aliphatic heterocycles. The number of carbonyl (C=O) groups is 1. The van der Waals surface area contributed by atoms with E-state index in [9.17, 15) is 9.59 Å². The lowest BCUT2D eigenvalue weighted by atomic mass is 10.1. The minimum atomic E-state index is -0.405. The predicted octanol–water partition coefficient (Wildman–Crippen LogP) is 2.98. The molecular formula is C22H19N5O2. The Bertz CT molecular complexity index is 1250. The van der Waals surface area contributed by atoms with E-state index < -0.39 is 5.91 Å². The summed E-state index contributed by atoms with van der Waals surface area (Å²) in [5.41, 5.74) is 2.78. The molecule has 1 aromatic carbocycles. The molecule has 7 heteroatoms. The van der Waals surface area contributed by atoms with Crippen LogP contribution in [0.5, 0.6) is 0 Å². The van der Waals surface area contributed by atoms with Gasteiger partial charge in [0, 0.05) is 42.1 Å². The van der Waals surface area contributed by atoms with Crippen molar-refractivity contribution in [3.8, 4) is 16.8 Å². The Kier molecular flexibility index (Phi) is 4.87. The molecule has 1 N–H and O–H groups in total. The lowest BCUT2D eigenvalue weighted by Gasteiger charge is -2.14. The summed E-state index contributed by atoms with van der Waals surface area (Å²) in [6.45, 7) is 3.70. The highest BCUT2D eigenvalue weighted by Crippen LogP contribution is 2.22. The third kappa shape index (κ3) is 3.62. The van der Waals surface area contributed by atoms with E-state index in [1.165, 1.54) is 6.33 Å². The fourth-order valence-corrected chi connectivity index (χ4v) is 3.14. The Balaban J connectivity index is 1.93. The van der Waals surface area contributed by atoms with Crippen LogP contribution in [-0.4, -0.2) is 31.5 Å². The van der Waals surface area contributed by atoms with Gasteiger partial charge in [-0.2, -0.15) is 0 Å². The van der Waals surface area contributed by atoms with Crippen molar-refractivity contribution in [3.63, 3.8) is 0 Å². The summed E-state index contributed by atoms with van der Waals surface area (Å²) >= 11 is 0. The molecule has 0 unspecified atom stereocenters. The van der Waals surface area contributed by atoms with E-state index in [0.717, 1.165) is 16.8 Å². The zero-order valence-electron chi connectivity index (χ0n) is 16.0. The van der Waals surface area contributed by atoms with Crippen LogP contribution in [0.25, 0.3) is 27.8 Å². The molecule has 4 aromatic rings. The van der Waals surface area contributed by atoms with Crippen molar-refractivity contribution >= 4 is 16.9 Å². The van der Waals surface area contributed by atoms with Gasteiger partial charge in [0.25, 0.3) is 5.91 Å². The molecule has 3 heterocycles. The van der Waals surface area contributed by atoms with Crippen molar-refractivity contribution in [2.75, 3.05) is 0 Å². The Labute approximate surface area is 167 Å². The lowest BCUT2D eigenvalue weighted by molar-refractivity contribution is 0.0941. The number of aromatic nitrogens is 4. The van der Waals surface area contributed by atoms with Crippen LogP contribution < -0.4 is 10.7 Å². The Hall–Kier alpha value is -3.87. The molecule has 0 aliphatic carbocycles. The van der Waals surface area contributed by atoms with E-state index in [0.29, 0.717) is 11.0 Å². The van der Waals surface area contributed by atoms with Crippen LogP contribution in [0.1, 0.15) is 24.2 Å². The topological polar surface area (TPSA) is 89.8 Å². The maximum Gasteiger partial charge on any atom is 0.256 e. The van der Waals surface area contributed by atoms with Crippen LogP contribution in [0, 0.1) is 0 Å². The average Bonchev–Trinajstić information content (AvgIpc) is 2.74. The van der Waals surface area contributed by atoms with Gasteiger partial charge in [0.1, 0.15) is 17.5 Å². The summed E-state index contributed by atoms with van der Waals surface area (Å²) in [7, 11) is 0. The van der Waals surface area contributed by atoms with Crippen LogP contribution in [0.2, 0.25) is 0 Å². The van der Waals surface area contributed by atoms with Gasteiger partial charge < -0.3 is 9.88 Å². The number of amides is 1. The second-order valence-corrected chi connectivity index (χ2v) is 6.92. The van der Waals surface area contributed by atoms with Crippen molar-refractivity contribution in [2.45, 2.75) is 19.9 Å². The normalized spacial score (nSPS) is 11.0. The van der Waals surface area contributed by atoms with E-state index in [1.807, 2.05) is 38.1 Å². The Morgan fingerprint density at radius 2 is 1.86 bits per heavy atom. The first-order valence-corrected chi connectivity index (χ1v) is 9.21. The molecule has 144 valence electrons. The summed E-state index contributed by atoms with van der Waals surface area (Å²) in [5.74, 6) is -0.405. The standard InChI is InChI=1S/C22H19N5O2/c1-14(2)26-22(29)19-12-27(21-18(20(19)28)7-4-8-25-21)17-6-3-5-15(9-17)16-10-23-13-24-11-16/h3-14H,1-2H3,(H,26,29). The quantitative estimate of drug-likeness (QED) is 0.583. The number of carbonyl (C=O) groups excluding carboxylic acids is 1. The minimum absolute atomic E-state index is 0.0765. The van der Waals surface area contributed by atoms with Gasteiger partial charge in [-0.25, -0.2) is 15.0 Å². The predicted molar refractivity (Wildman–Crippen MR) is 111 cm³/mol. The Morgan fingerprint density at radius 1 is 1.07 bits per heavy atom. The van der Waals surface area contributed by atoms with Gasteiger partial charge in [0.05, 0.1) is 5.39 Å². The second kappa shape index (κ2) is 7.63. The van der Waals surface area contributed by atoms with Crippen LogP contribution in [0.3, 0.4) is 0 Å². The summed E-state index contributed by atoms with van der Waals surface area (Å²) in [6, 6.07) is 11.0. The van der Waals surface area contributed by atoms with Crippen molar-refractivity contribution in [1.29, 1.82) is 0 Å². The van der Waals surface area contributed by atoms with E-state index in [-0.39, 0.29) is 17.0 Å². The van der Waals surface area contributed by atoms with Gasteiger partial charge in [-0.05, 0) is 43.7 Å². The molecule has 0 spiro atoms. The molecular weight excluding hydrogens is 366 g/mol. The van der Waals surface area contributed by atoms with Crippen molar-refractivity contribution in [1.82, 2.24) is 24.8 Å². The van der Waals surface area contributed by atoms with Gasteiger partial charge in [0.2, 0.25) is 5.43 Å². The molecule has 0 aliphatic rings. The molecule has 29 heavy (non-hydrogen) atoms. The number of nitrogens with one attached hydrogen (secondary N) is 1. The lowest BCUT2D eigenvalue weighted by Crippen LogP contribution is -2.34. The SMILES string of the molecule is CC(C)NC(=O)c1cn(-c2cccc(-c3cncnc3)c2)c2ncccc2c1=O. The molecule has 0 saturated heterocycles. The third-order valence-corrected chi connectivity index (χ3v) is 4.44. The zero-order chi connectivity index (χ0) is 20.4. The molecule has 7 nitrogen and oxygen atoms in total. The Morgan fingerprint density at radius 3 is 2.62 bits per heavy atom. The first-order chi connectivity index (χ1) is 14.0. The van der Waals surface area contributed by atoms with Crippen LogP contribution in [-0.2, 0) is 0 Å². The largest absolute Gasteiger partial charge is 0.350 e. The number of fused-ring (bicyclic) bond motifs is 1. The smallest absolute Gasteiger partial charge is 0.256 e. The summed E-state index contributed by atoms with van der Waals surface area (Å²) in [6.07, 6.45) is 8.12. The molecule has 0 radical (unpaired) electrons. The van der Waals surface area contributed by atoms with Gasteiger partial charge in [-0.1, -0.05) is 12.1 Å². The average molecular weight is 385 g/mol. The fourth-order valence-electron chi connectivity index (χ4n) is 3.14. The van der Waals surface area contributed by atoms with Gasteiger partial charge in [0.15, 0.2) is 0 Å². The molecule has 0 saturated carbocycles. The molecule has 3 aromatic heterocycles. The maximum atomic E-state index is 12.9.